The molecule has 0 aliphatic heterocycles. The van der Waals surface area contributed by atoms with Crippen molar-refractivity contribution in [3.63, 3.8) is 0 Å². The van der Waals surface area contributed by atoms with Gasteiger partial charge in [-0.25, -0.2) is 15.0 Å². The SMILES string of the molecule is CNc1cc(CC(C)C)nc(-c2ncc(Cl)s2)n1. The second-order valence-electron chi connectivity index (χ2n) is 4.39. The van der Waals surface area contributed by atoms with E-state index in [0.717, 1.165) is 22.9 Å². The van der Waals surface area contributed by atoms with Crippen molar-refractivity contribution in [2.45, 2.75) is 20.3 Å². The molecule has 0 amide bonds. The Labute approximate surface area is 115 Å². The summed E-state index contributed by atoms with van der Waals surface area (Å²) in [7, 11) is 1.85. The quantitative estimate of drug-likeness (QED) is 0.932. The number of thiazole rings is 1. The fraction of sp³-hybridized carbons (Fsp3) is 0.417. The highest BCUT2D eigenvalue weighted by molar-refractivity contribution is 7.18. The van der Waals surface area contributed by atoms with Crippen LogP contribution in [-0.2, 0) is 6.42 Å². The number of rotatable bonds is 4. The molecule has 2 heterocycles. The molecule has 0 spiro atoms. The summed E-state index contributed by atoms with van der Waals surface area (Å²) in [5.74, 6) is 1.99. The highest BCUT2D eigenvalue weighted by Crippen LogP contribution is 2.26. The van der Waals surface area contributed by atoms with Crippen molar-refractivity contribution in [2.24, 2.45) is 5.92 Å². The molecule has 0 aliphatic carbocycles. The minimum Gasteiger partial charge on any atom is -0.373 e. The van der Waals surface area contributed by atoms with Crippen molar-refractivity contribution in [3.05, 3.63) is 22.3 Å². The minimum absolute atomic E-state index is 0.553. The molecule has 0 bridgehead atoms. The topological polar surface area (TPSA) is 50.7 Å². The maximum Gasteiger partial charge on any atom is 0.190 e. The van der Waals surface area contributed by atoms with Crippen LogP contribution in [0.2, 0.25) is 4.34 Å². The average Bonchev–Trinajstić information content (AvgIpc) is 2.74. The van der Waals surface area contributed by atoms with E-state index in [4.69, 9.17) is 11.6 Å². The van der Waals surface area contributed by atoms with Crippen LogP contribution in [0.3, 0.4) is 0 Å². The van der Waals surface area contributed by atoms with Gasteiger partial charge in [-0.3, -0.25) is 0 Å². The molecule has 1 N–H and O–H groups in total. The van der Waals surface area contributed by atoms with E-state index in [0.29, 0.717) is 16.1 Å². The number of nitrogens with zero attached hydrogens (tertiary/aromatic N) is 3. The molecule has 96 valence electrons. The van der Waals surface area contributed by atoms with Crippen molar-refractivity contribution < 1.29 is 0 Å². The van der Waals surface area contributed by atoms with Gasteiger partial charge in [0.2, 0.25) is 0 Å². The monoisotopic (exact) mass is 282 g/mol. The summed E-state index contributed by atoms with van der Waals surface area (Å²) in [6, 6.07) is 1.97. The zero-order valence-electron chi connectivity index (χ0n) is 10.6. The van der Waals surface area contributed by atoms with Crippen LogP contribution >= 0.6 is 22.9 Å². The molecule has 4 nitrogen and oxygen atoms in total. The van der Waals surface area contributed by atoms with Crippen LogP contribution in [0.1, 0.15) is 19.5 Å². The molecule has 2 aromatic rings. The van der Waals surface area contributed by atoms with Crippen molar-refractivity contribution in [3.8, 4) is 10.8 Å². The molecule has 0 fully saturated rings. The first-order valence-corrected chi connectivity index (χ1v) is 6.95. The molecule has 18 heavy (non-hydrogen) atoms. The summed E-state index contributed by atoms with van der Waals surface area (Å²) in [5, 5.41) is 3.80. The van der Waals surface area contributed by atoms with Gasteiger partial charge in [0, 0.05) is 18.8 Å². The first-order valence-electron chi connectivity index (χ1n) is 5.76. The highest BCUT2D eigenvalue weighted by atomic mass is 35.5. The Balaban J connectivity index is 2.40. The number of hydrogen-bond donors (Lipinski definition) is 1. The van der Waals surface area contributed by atoms with Gasteiger partial charge in [-0.2, -0.15) is 0 Å². The first-order chi connectivity index (χ1) is 8.58. The lowest BCUT2D eigenvalue weighted by Gasteiger charge is -2.08. The Bertz CT molecular complexity index is 539. The molecule has 2 aromatic heterocycles. The van der Waals surface area contributed by atoms with E-state index in [-0.39, 0.29) is 0 Å². The summed E-state index contributed by atoms with van der Waals surface area (Å²) >= 11 is 7.28. The molecular weight excluding hydrogens is 268 g/mol. The first kappa shape index (κ1) is 13.2. The fourth-order valence-corrected chi connectivity index (χ4v) is 2.45. The number of aromatic nitrogens is 3. The molecule has 0 unspecified atom stereocenters. The molecule has 6 heteroatoms. The van der Waals surface area contributed by atoms with E-state index < -0.39 is 0 Å². The van der Waals surface area contributed by atoms with Crippen molar-refractivity contribution >= 4 is 28.8 Å². The lowest BCUT2D eigenvalue weighted by atomic mass is 10.1. The summed E-state index contributed by atoms with van der Waals surface area (Å²) in [6.45, 7) is 4.34. The molecule has 2 rings (SSSR count). The van der Waals surface area contributed by atoms with Gasteiger partial charge >= 0.3 is 0 Å². The van der Waals surface area contributed by atoms with Crippen LogP contribution in [0.15, 0.2) is 12.3 Å². The maximum atomic E-state index is 5.89. The Morgan fingerprint density at radius 3 is 2.72 bits per heavy atom. The van der Waals surface area contributed by atoms with Gasteiger partial charge in [-0.15, -0.1) is 0 Å². The summed E-state index contributed by atoms with van der Waals surface area (Å²) in [5.41, 5.74) is 1.02. The lowest BCUT2D eigenvalue weighted by Crippen LogP contribution is -2.03. The largest absolute Gasteiger partial charge is 0.373 e. The number of halogens is 1. The van der Waals surface area contributed by atoms with Gasteiger partial charge in [-0.1, -0.05) is 36.8 Å². The second kappa shape index (κ2) is 5.63. The van der Waals surface area contributed by atoms with Gasteiger partial charge in [-0.05, 0) is 12.3 Å². The third-order valence-corrected chi connectivity index (χ3v) is 3.43. The van der Waals surface area contributed by atoms with Crippen LogP contribution in [0.25, 0.3) is 10.8 Å². The lowest BCUT2D eigenvalue weighted by molar-refractivity contribution is 0.635. The van der Waals surface area contributed by atoms with Gasteiger partial charge in [0.25, 0.3) is 0 Å². The van der Waals surface area contributed by atoms with E-state index in [1.165, 1.54) is 11.3 Å². The van der Waals surface area contributed by atoms with Gasteiger partial charge < -0.3 is 5.32 Å². The third-order valence-electron chi connectivity index (χ3n) is 2.32. The molecule has 0 radical (unpaired) electrons. The van der Waals surface area contributed by atoms with Crippen LogP contribution in [-0.4, -0.2) is 22.0 Å². The zero-order valence-corrected chi connectivity index (χ0v) is 12.1. The maximum absolute atomic E-state index is 5.89. The Morgan fingerprint density at radius 2 is 2.17 bits per heavy atom. The summed E-state index contributed by atoms with van der Waals surface area (Å²) in [6.07, 6.45) is 2.54. The Morgan fingerprint density at radius 1 is 1.39 bits per heavy atom. The molecular formula is C12H15ClN4S. The number of anilines is 1. The summed E-state index contributed by atoms with van der Waals surface area (Å²) < 4.78 is 0.647. The Hall–Kier alpha value is -1.20. The van der Waals surface area contributed by atoms with Gasteiger partial charge in [0.05, 0.1) is 6.20 Å². The molecule has 0 atom stereocenters. The minimum atomic E-state index is 0.553. The molecule has 0 saturated heterocycles. The van der Waals surface area contributed by atoms with Crippen LogP contribution < -0.4 is 5.32 Å². The smallest absolute Gasteiger partial charge is 0.190 e. The van der Waals surface area contributed by atoms with E-state index in [9.17, 15) is 0 Å². The van der Waals surface area contributed by atoms with E-state index in [1.54, 1.807) is 6.20 Å². The van der Waals surface area contributed by atoms with E-state index >= 15 is 0 Å². The predicted octanol–water partition coefficient (Wildman–Crippen LogP) is 3.49. The molecule has 0 saturated carbocycles. The molecule has 0 aromatic carbocycles. The van der Waals surface area contributed by atoms with E-state index in [2.05, 4.69) is 34.1 Å². The zero-order chi connectivity index (χ0) is 13.1. The normalized spacial score (nSPS) is 10.9. The van der Waals surface area contributed by atoms with E-state index in [1.807, 2.05) is 13.1 Å². The average molecular weight is 283 g/mol. The number of nitrogens with one attached hydrogen (secondary N) is 1. The third kappa shape index (κ3) is 3.17. The van der Waals surface area contributed by atoms with Crippen molar-refractivity contribution in [1.82, 2.24) is 15.0 Å². The van der Waals surface area contributed by atoms with Crippen LogP contribution in [0.5, 0.6) is 0 Å². The van der Waals surface area contributed by atoms with Gasteiger partial charge in [0.1, 0.15) is 10.2 Å². The van der Waals surface area contributed by atoms with Crippen molar-refractivity contribution in [2.75, 3.05) is 12.4 Å². The summed E-state index contributed by atoms with van der Waals surface area (Å²) in [4.78, 5) is 13.2. The molecule has 0 aliphatic rings. The predicted molar refractivity (Wildman–Crippen MR) is 76.2 cm³/mol. The standard InChI is InChI=1S/C12H15ClN4S/c1-7(2)4-8-5-10(14-3)17-11(16-8)12-15-6-9(13)18-12/h5-7H,4H2,1-3H3,(H,14,16,17). The number of hydrogen-bond acceptors (Lipinski definition) is 5. The fourth-order valence-electron chi connectivity index (χ4n) is 1.60. The Kier molecular flexibility index (Phi) is 4.14. The van der Waals surface area contributed by atoms with Crippen molar-refractivity contribution in [1.29, 1.82) is 0 Å². The highest BCUT2D eigenvalue weighted by Gasteiger charge is 2.11. The second-order valence-corrected chi connectivity index (χ2v) is 6.05. The van der Waals surface area contributed by atoms with Crippen LogP contribution in [0, 0.1) is 5.92 Å². The van der Waals surface area contributed by atoms with Crippen LogP contribution in [0.4, 0.5) is 5.82 Å². The van der Waals surface area contributed by atoms with Gasteiger partial charge in [0.15, 0.2) is 10.8 Å².